The number of amides is 2. The normalized spacial score (nSPS) is 17.3. The number of carbonyl (C=O) groups is 2. The number of rotatable bonds is 6. The van der Waals surface area contributed by atoms with Crippen molar-refractivity contribution in [3.8, 4) is 0 Å². The molecule has 0 bridgehead atoms. The molecule has 2 amide bonds. The van der Waals surface area contributed by atoms with Gasteiger partial charge in [0.25, 0.3) is 5.91 Å². The largest absolute Gasteiger partial charge is 0.325 e. The summed E-state index contributed by atoms with van der Waals surface area (Å²) in [7, 11) is 0. The zero-order chi connectivity index (χ0) is 25.2. The number of amidine groups is 2. The molecule has 1 N–H and O–H groups in total. The summed E-state index contributed by atoms with van der Waals surface area (Å²) < 4.78 is 0. The summed E-state index contributed by atoms with van der Waals surface area (Å²) in [4.78, 5) is 38.0. The second-order valence-corrected chi connectivity index (χ2v) is 10.3. The summed E-state index contributed by atoms with van der Waals surface area (Å²) in [5.41, 5.74) is 4.37. The fourth-order valence-electron chi connectivity index (χ4n) is 4.31. The summed E-state index contributed by atoms with van der Waals surface area (Å²) in [6.07, 6.45) is 0.581. The van der Waals surface area contributed by atoms with E-state index in [9.17, 15) is 9.59 Å². The van der Waals surface area contributed by atoms with Crippen molar-refractivity contribution < 1.29 is 9.59 Å². The number of anilines is 1. The molecule has 0 aromatic heterocycles. The molecule has 0 saturated heterocycles. The first-order valence-electron chi connectivity index (χ1n) is 12.2. The Bertz CT molecular complexity index is 1350. The molecule has 0 unspecified atom stereocenters. The van der Waals surface area contributed by atoms with Crippen LogP contribution in [0.15, 0.2) is 88.8 Å². The highest BCUT2D eigenvalue weighted by molar-refractivity contribution is 8.15. The average Bonchev–Trinajstić information content (AvgIpc) is 3.25. The summed E-state index contributed by atoms with van der Waals surface area (Å²) in [6.45, 7) is 6.24. The molecule has 2 atom stereocenters. The SMILES string of the molecule is CC[C@H](SC1=Nc2ccccc2C2=N[C@H](c3ccccc3)C(=O)N12)C(=O)Nc1ccc(C(C)C)cc1. The molecule has 0 saturated carbocycles. The molecule has 3 aromatic carbocycles. The number of nitrogens with zero attached hydrogens (tertiary/aromatic N) is 3. The highest BCUT2D eigenvalue weighted by Gasteiger charge is 2.43. The molecule has 2 aliphatic rings. The second kappa shape index (κ2) is 10.1. The van der Waals surface area contributed by atoms with Gasteiger partial charge in [0.1, 0.15) is 5.84 Å². The van der Waals surface area contributed by atoms with Crippen LogP contribution in [-0.2, 0) is 9.59 Å². The van der Waals surface area contributed by atoms with Gasteiger partial charge < -0.3 is 5.32 Å². The van der Waals surface area contributed by atoms with E-state index in [0.717, 1.165) is 22.5 Å². The van der Waals surface area contributed by atoms with Gasteiger partial charge in [-0.15, -0.1) is 0 Å². The number of aliphatic imine (C=N–C) groups is 2. The van der Waals surface area contributed by atoms with Crippen LogP contribution in [0.5, 0.6) is 0 Å². The van der Waals surface area contributed by atoms with Gasteiger partial charge in [-0.25, -0.2) is 14.9 Å². The van der Waals surface area contributed by atoms with Gasteiger partial charge in [0.05, 0.1) is 10.9 Å². The van der Waals surface area contributed by atoms with Crippen LogP contribution >= 0.6 is 11.8 Å². The van der Waals surface area contributed by atoms with Gasteiger partial charge in [-0.2, -0.15) is 0 Å². The van der Waals surface area contributed by atoms with Gasteiger partial charge in [-0.3, -0.25) is 9.59 Å². The predicted octanol–water partition coefficient (Wildman–Crippen LogP) is 6.29. The predicted molar refractivity (Wildman–Crippen MR) is 147 cm³/mol. The van der Waals surface area contributed by atoms with Gasteiger partial charge in [0.15, 0.2) is 11.2 Å². The van der Waals surface area contributed by atoms with Gasteiger partial charge in [0, 0.05) is 11.3 Å². The first kappa shape index (κ1) is 24.0. The molecule has 182 valence electrons. The van der Waals surface area contributed by atoms with Crippen molar-refractivity contribution >= 4 is 46.0 Å². The summed E-state index contributed by atoms with van der Waals surface area (Å²) in [5, 5.41) is 3.08. The van der Waals surface area contributed by atoms with E-state index in [-0.39, 0.29) is 11.8 Å². The minimum Gasteiger partial charge on any atom is -0.325 e. The Kier molecular flexibility index (Phi) is 6.74. The van der Waals surface area contributed by atoms with Crippen molar-refractivity contribution in [2.45, 2.75) is 44.4 Å². The highest BCUT2D eigenvalue weighted by Crippen LogP contribution is 2.38. The number of thioether (sulfide) groups is 1. The third-order valence-corrected chi connectivity index (χ3v) is 7.66. The molecule has 2 aliphatic heterocycles. The Balaban J connectivity index is 1.42. The highest BCUT2D eigenvalue weighted by atomic mass is 32.2. The van der Waals surface area contributed by atoms with E-state index in [4.69, 9.17) is 9.98 Å². The van der Waals surface area contributed by atoms with E-state index < -0.39 is 11.3 Å². The summed E-state index contributed by atoms with van der Waals surface area (Å²) >= 11 is 1.30. The Morgan fingerprint density at radius 3 is 2.39 bits per heavy atom. The third-order valence-electron chi connectivity index (χ3n) is 6.34. The van der Waals surface area contributed by atoms with Crippen molar-refractivity contribution in [2.24, 2.45) is 9.98 Å². The molecular formula is C29H28N4O2S. The maximum Gasteiger partial charge on any atom is 0.263 e. The van der Waals surface area contributed by atoms with Crippen LogP contribution in [0.4, 0.5) is 11.4 Å². The third kappa shape index (κ3) is 4.58. The van der Waals surface area contributed by atoms with Crippen molar-refractivity contribution in [3.05, 3.63) is 95.6 Å². The quantitative estimate of drug-likeness (QED) is 0.436. The Morgan fingerprint density at radius 1 is 1.00 bits per heavy atom. The lowest BCUT2D eigenvalue weighted by molar-refractivity contribution is -0.124. The van der Waals surface area contributed by atoms with Gasteiger partial charge in [-0.1, -0.05) is 87.1 Å². The number of nitrogens with one attached hydrogen (secondary N) is 1. The van der Waals surface area contributed by atoms with Crippen LogP contribution in [0.1, 0.15) is 55.8 Å². The lowest BCUT2D eigenvalue weighted by atomic mass is 10.0. The summed E-state index contributed by atoms with van der Waals surface area (Å²) in [6, 6.07) is 24.5. The molecule has 36 heavy (non-hydrogen) atoms. The molecule has 7 heteroatoms. The van der Waals surface area contributed by atoms with E-state index in [1.807, 2.05) is 85.8 Å². The maximum absolute atomic E-state index is 13.6. The van der Waals surface area contributed by atoms with Crippen LogP contribution in [-0.4, -0.2) is 33.0 Å². The number of hydrogen-bond donors (Lipinski definition) is 1. The van der Waals surface area contributed by atoms with Crippen LogP contribution in [0.2, 0.25) is 0 Å². The minimum absolute atomic E-state index is 0.119. The van der Waals surface area contributed by atoms with E-state index in [1.165, 1.54) is 17.3 Å². The first-order chi connectivity index (χ1) is 17.5. The standard InChI is InChI=1S/C29H28N4O2S/c1-4-24(27(34)30-21-16-14-19(15-17-21)18(2)3)36-29-31-23-13-9-8-12-22(23)26-32-25(28(35)33(26)29)20-10-6-5-7-11-20/h5-18,24-25H,4H2,1-3H3,(H,30,34)/t24-,25+/m0/s1. The van der Waals surface area contributed by atoms with Gasteiger partial charge in [0.2, 0.25) is 5.91 Å². The molecule has 0 fully saturated rings. The summed E-state index contributed by atoms with van der Waals surface area (Å²) in [5.74, 6) is 0.735. The lowest BCUT2D eigenvalue weighted by Crippen LogP contribution is -2.41. The van der Waals surface area contributed by atoms with Crippen LogP contribution < -0.4 is 5.32 Å². The monoisotopic (exact) mass is 496 g/mol. The molecular weight excluding hydrogens is 468 g/mol. The molecule has 0 aliphatic carbocycles. The molecule has 0 radical (unpaired) electrons. The average molecular weight is 497 g/mol. The number of benzene rings is 3. The second-order valence-electron chi connectivity index (χ2n) is 9.13. The zero-order valence-corrected chi connectivity index (χ0v) is 21.3. The molecule has 3 aromatic rings. The smallest absolute Gasteiger partial charge is 0.263 e. The molecule has 0 spiro atoms. The first-order valence-corrected chi connectivity index (χ1v) is 13.1. The van der Waals surface area contributed by atoms with E-state index in [2.05, 4.69) is 19.2 Å². The lowest BCUT2D eigenvalue weighted by Gasteiger charge is -2.27. The van der Waals surface area contributed by atoms with Crippen LogP contribution in [0.25, 0.3) is 0 Å². The van der Waals surface area contributed by atoms with Crippen molar-refractivity contribution in [3.63, 3.8) is 0 Å². The molecule has 6 nitrogen and oxygen atoms in total. The number of hydrogen-bond acceptors (Lipinski definition) is 5. The van der Waals surface area contributed by atoms with Crippen molar-refractivity contribution in [1.29, 1.82) is 0 Å². The Labute approximate surface area is 215 Å². The maximum atomic E-state index is 13.6. The Morgan fingerprint density at radius 2 is 1.69 bits per heavy atom. The number of para-hydroxylation sites is 1. The minimum atomic E-state index is -0.633. The fraction of sp³-hybridized carbons (Fsp3) is 0.241. The van der Waals surface area contributed by atoms with Crippen LogP contribution in [0.3, 0.4) is 0 Å². The molecule has 5 rings (SSSR count). The van der Waals surface area contributed by atoms with Crippen molar-refractivity contribution in [1.82, 2.24) is 4.90 Å². The van der Waals surface area contributed by atoms with Gasteiger partial charge in [-0.05, 0) is 47.7 Å². The topological polar surface area (TPSA) is 74.1 Å². The van der Waals surface area contributed by atoms with Crippen LogP contribution in [0, 0.1) is 0 Å². The van der Waals surface area contributed by atoms with E-state index in [1.54, 1.807) is 4.90 Å². The number of fused-ring (bicyclic) bond motifs is 3. The zero-order valence-electron chi connectivity index (χ0n) is 20.5. The van der Waals surface area contributed by atoms with E-state index >= 15 is 0 Å². The molecule has 2 heterocycles. The van der Waals surface area contributed by atoms with Gasteiger partial charge >= 0.3 is 0 Å². The van der Waals surface area contributed by atoms with E-state index in [0.29, 0.717) is 23.3 Å². The number of carbonyl (C=O) groups excluding carboxylic acids is 2. The fourth-order valence-corrected chi connectivity index (χ4v) is 5.33. The Hall–Kier alpha value is -3.71. The van der Waals surface area contributed by atoms with Crippen molar-refractivity contribution in [2.75, 3.05) is 5.32 Å².